The van der Waals surface area contributed by atoms with Crippen LogP contribution in [0.3, 0.4) is 0 Å². The summed E-state index contributed by atoms with van der Waals surface area (Å²) in [5.74, 6) is -5.03. The molecule has 13 heteroatoms. The maximum Gasteiger partial charge on any atom is 0.326 e. The van der Waals surface area contributed by atoms with Gasteiger partial charge in [-0.2, -0.15) is 12.6 Å². The number of hydrogen-bond acceptors (Lipinski definition) is 7. The van der Waals surface area contributed by atoms with Gasteiger partial charge in [0.15, 0.2) is 0 Å². The fraction of sp³-hybridized carbons (Fsp3) is 0.458. The van der Waals surface area contributed by atoms with Gasteiger partial charge in [-0.05, 0) is 24.0 Å². The van der Waals surface area contributed by atoms with Gasteiger partial charge < -0.3 is 36.9 Å². The minimum Gasteiger partial charge on any atom is -0.481 e. The Kier molecular flexibility index (Phi) is 10.9. The van der Waals surface area contributed by atoms with E-state index in [0.29, 0.717) is 5.56 Å². The number of fused-ring (bicyclic) bond motifs is 1. The number of thiol groups is 1. The molecule has 37 heavy (non-hydrogen) atoms. The molecule has 0 spiro atoms. The maximum absolute atomic E-state index is 13.3. The molecule has 0 saturated carbocycles. The van der Waals surface area contributed by atoms with E-state index < -0.39 is 59.7 Å². The number of rotatable bonds is 14. The third kappa shape index (κ3) is 8.50. The van der Waals surface area contributed by atoms with Crippen molar-refractivity contribution in [3.63, 3.8) is 0 Å². The summed E-state index contributed by atoms with van der Waals surface area (Å²) in [4.78, 5) is 64.0. The van der Waals surface area contributed by atoms with E-state index in [2.05, 4.69) is 33.6 Å². The molecule has 0 bridgehead atoms. The highest BCUT2D eigenvalue weighted by Crippen LogP contribution is 2.19. The van der Waals surface area contributed by atoms with Crippen molar-refractivity contribution in [3.8, 4) is 0 Å². The quantitative estimate of drug-likeness (QED) is 0.155. The SMILES string of the molecule is CC(C)C(NC(=O)C(CS)NC(=O)C(Cc1c[nH]c2ccccc12)NC(=O)C(N)CCC(=O)O)C(=O)O. The lowest BCUT2D eigenvalue weighted by Gasteiger charge is -2.25. The fourth-order valence-corrected chi connectivity index (χ4v) is 3.91. The Balaban J connectivity index is 2.23. The average Bonchev–Trinajstić information content (AvgIpc) is 3.25. The van der Waals surface area contributed by atoms with Gasteiger partial charge in [0.1, 0.15) is 18.1 Å². The minimum atomic E-state index is -1.22. The summed E-state index contributed by atoms with van der Waals surface area (Å²) < 4.78 is 0. The summed E-state index contributed by atoms with van der Waals surface area (Å²) in [7, 11) is 0. The molecular formula is C24H33N5O7S. The van der Waals surface area contributed by atoms with Crippen LogP contribution in [0.5, 0.6) is 0 Å². The van der Waals surface area contributed by atoms with Crippen molar-refractivity contribution in [3.05, 3.63) is 36.0 Å². The normalized spacial score (nSPS) is 14.4. The zero-order valence-electron chi connectivity index (χ0n) is 20.6. The number of aromatic nitrogens is 1. The lowest BCUT2D eigenvalue weighted by atomic mass is 10.0. The van der Waals surface area contributed by atoms with Crippen LogP contribution >= 0.6 is 12.6 Å². The molecule has 1 aromatic heterocycles. The summed E-state index contributed by atoms with van der Waals surface area (Å²) in [5, 5.41) is 26.5. The predicted molar refractivity (Wildman–Crippen MR) is 139 cm³/mol. The smallest absolute Gasteiger partial charge is 0.326 e. The number of benzene rings is 1. The highest BCUT2D eigenvalue weighted by Gasteiger charge is 2.31. The van der Waals surface area contributed by atoms with Crippen LogP contribution in [0.2, 0.25) is 0 Å². The lowest BCUT2D eigenvalue weighted by Crippen LogP contribution is -2.58. The first kappa shape index (κ1) is 29.6. The van der Waals surface area contributed by atoms with Gasteiger partial charge in [0, 0.05) is 35.7 Å². The van der Waals surface area contributed by atoms with Gasteiger partial charge in [0.25, 0.3) is 0 Å². The zero-order valence-corrected chi connectivity index (χ0v) is 21.5. The molecule has 4 atom stereocenters. The van der Waals surface area contributed by atoms with Gasteiger partial charge in [0.2, 0.25) is 17.7 Å². The Labute approximate surface area is 219 Å². The van der Waals surface area contributed by atoms with Gasteiger partial charge in [-0.1, -0.05) is 32.0 Å². The van der Waals surface area contributed by atoms with Crippen LogP contribution in [-0.2, 0) is 30.4 Å². The van der Waals surface area contributed by atoms with Crippen molar-refractivity contribution in [2.75, 3.05) is 5.75 Å². The second kappa shape index (κ2) is 13.7. The predicted octanol–water partition coefficient (Wildman–Crippen LogP) is 0.0273. The topological polar surface area (TPSA) is 204 Å². The van der Waals surface area contributed by atoms with Crippen LogP contribution in [0, 0.1) is 5.92 Å². The average molecular weight is 536 g/mol. The van der Waals surface area contributed by atoms with Crippen molar-refractivity contribution < 1.29 is 34.2 Å². The van der Waals surface area contributed by atoms with E-state index in [1.807, 2.05) is 24.3 Å². The van der Waals surface area contributed by atoms with Crippen LogP contribution < -0.4 is 21.7 Å². The molecule has 0 aliphatic rings. The van der Waals surface area contributed by atoms with Gasteiger partial charge >= 0.3 is 11.9 Å². The first-order chi connectivity index (χ1) is 17.4. The zero-order chi connectivity index (χ0) is 27.7. The van der Waals surface area contributed by atoms with Gasteiger partial charge in [-0.25, -0.2) is 4.79 Å². The molecule has 0 radical (unpaired) electrons. The summed E-state index contributed by atoms with van der Waals surface area (Å²) in [6, 6.07) is 2.68. The molecule has 3 amide bonds. The third-order valence-electron chi connectivity index (χ3n) is 5.78. The Morgan fingerprint density at radius 1 is 0.973 bits per heavy atom. The van der Waals surface area contributed by atoms with Crippen LogP contribution in [-0.4, -0.2) is 74.8 Å². The summed E-state index contributed by atoms with van der Waals surface area (Å²) in [5.41, 5.74) is 7.36. The van der Waals surface area contributed by atoms with Gasteiger partial charge in [-0.15, -0.1) is 0 Å². The largest absolute Gasteiger partial charge is 0.481 e. The van der Waals surface area contributed by atoms with E-state index in [4.69, 9.17) is 10.8 Å². The van der Waals surface area contributed by atoms with Crippen LogP contribution in [0.15, 0.2) is 30.5 Å². The molecule has 0 aliphatic heterocycles. The molecule has 2 aromatic rings. The number of carboxylic acid groups (broad SMARTS) is 2. The number of hydrogen-bond donors (Lipinski definition) is 8. The molecule has 202 valence electrons. The van der Waals surface area contributed by atoms with E-state index in [-0.39, 0.29) is 25.0 Å². The number of nitrogens with one attached hydrogen (secondary N) is 4. The molecule has 1 aromatic carbocycles. The van der Waals surface area contributed by atoms with E-state index >= 15 is 0 Å². The second-order valence-corrected chi connectivity index (χ2v) is 9.34. The second-order valence-electron chi connectivity index (χ2n) is 8.98. The molecule has 1 heterocycles. The van der Waals surface area contributed by atoms with Crippen molar-refractivity contribution in [2.24, 2.45) is 11.7 Å². The molecule has 12 nitrogen and oxygen atoms in total. The molecule has 4 unspecified atom stereocenters. The first-order valence-electron chi connectivity index (χ1n) is 11.7. The number of H-pyrrole nitrogens is 1. The number of carbonyl (C=O) groups is 5. The Morgan fingerprint density at radius 2 is 1.59 bits per heavy atom. The van der Waals surface area contributed by atoms with E-state index in [0.717, 1.165) is 10.9 Å². The van der Waals surface area contributed by atoms with Crippen LogP contribution in [0.1, 0.15) is 32.3 Å². The number of aliphatic carboxylic acids is 2. The number of aromatic amines is 1. The number of amides is 3. The van der Waals surface area contributed by atoms with Gasteiger partial charge in [-0.3, -0.25) is 19.2 Å². The Morgan fingerprint density at radius 3 is 2.19 bits per heavy atom. The van der Waals surface area contributed by atoms with Crippen LogP contribution in [0.25, 0.3) is 10.9 Å². The van der Waals surface area contributed by atoms with Crippen molar-refractivity contribution in [2.45, 2.75) is 57.3 Å². The summed E-state index contributed by atoms with van der Waals surface area (Å²) in [6.45, 7) is 3.27. The Bertz CT molecular complexity index is 1140. The molecular weight excluding hydrogens is 502 g/mol. The number of carbonyl (C=O) groups excluding carboxylic acids is 3. The minimum absolute atomic E-state index is 0.0396. The first-order valence-corrected chi connectivity index (χ1v) is 12.3. The lowest BCUT2D eigenvalue weighted by molar-refractivity contribution is -0.143. The molecule has 0 fully saturated rings. The van der Waals surface area contributed by atoms with E-state index in [9.17, 15) is 29.1 Å². The molecule has 0 aliphatic carbocycles. The number of carboxylic acids is 2. The summed E-state index contributed by atoms with van der Waals surface area (Å²) >= 11 is 4.12. The van der Waals surface area contributed by atoms with E-state index in [1.165, 1.54) is 0 Å². The molecule has 2 rings (SSSR count). The van der Waals surface area contributed by atoms with E-state index in [1.54, 1.807) is 20.0 Å². The van der Waals surface area contributed by atoms with Crippen molar-refractivity contribution in [1.82, 2.24) is 20.9 Å². The van der Waals surface area contributed by atoms with Crippen LogP contribution in [0.4, 0.5) is 0 Å². The fourth-order valence-electron chi connectivity index (χ4n) is 3.65. The standard InChI is InChI=1S/C24H33N5O7S/c1-12(2)20(24(35)36)29-23(34)18(11-37)28-22(33)17(27-21(32)15(25)7-8-19(30)31)9-13-10-26-16-6-4-3-5-14(13)16/h3-6,10,12,15,17-18,20,26,37H,7-9,11,25H2,1-2H3,(H,27,32)(H,28,33)(H,29,34)(H,30,31)(H,35,36). The maximum atomic E-state index is 13.3. The Hall–Kier alpha value is -3.58. The van der Waals surface area contributed by atoms with Crippen molar-refractivity contribution in [1.29, 1.82) is 0 Å². The summed E-state index contributed by atoms with van der Waals surface area (Å²) in [6.07, 6.45) is 1.29. The third-order valence-corrected chi connectivity index (χ3v) is 6.15. The monoisotopic (exact) mass is 535 g/mol. The molecule has 8 N–H and O–H groups in total. The van der Waals surface area contributed by atoms with Gasteiger partial charge in [0.05, 0.1) is 6.04 Å². The highest BCUT2D eigenvalue weighted by molar-refractivity contribution is 7.80. The highest BCUT2D eigenvalue weighted by atomic mass is 32.1. The number of nitrogens with two attached hydrogens (primary N) is 1. The number of para-hydroxylation sites is 1. The van der Waals surface area contributed by atoms with Crippen molar-refractivity contribution >= 4 is 53.2 Å². The molecule has 0 saturated heterocycles.